The van der Waals surface area contributed by atoms with Gasteiger partial charge in [-0.25, -0.2) is 0 Å². The number of hydrogen-bond donors (Lipinski definition) is 1. The number of hydrogen-bond acceptors (Lipinski definition) is 2. The first-order valence-corrected chi connectivity index (χ1v) is 6.33. The number of nitrogens with one attached hydrogen (secondary N) is 1. The number of aryl methyl sites for hydroxylation is 1. The molecule has 2 aromatic rings. The quantitative estimate of drug-likeness (QED) is 0.814. The first-order chi connectivity index (χ1) is 8.75. The van der Waals surface area contributed by atoms with Crippen molar-refractivity contribution < 1.29 is 4.74 Å². The predicted octanol–water partition coefficient (Wildman–Crippen LogP) is 3.93. The average Bonchev–Trinajstić information content (AvgIpc) is 2.39. The van der Waals surface area contributed by atoms with Gasteiger partial charge >= 0.3 is 0 Å². The number of fused-ring (bicyclic) bond motifs is 1. The molecule has 2 unspecified atom stereocenters. The molecule has 0 spiro atoms. The molecule has 18 heavy (non-hydrogen) atoms. The van der Waals surface area contributed by atoms with Crippen molar-refractivity contribution in [2.24, 2.45) is 0 Å². The lowest BCUT2D eigenvalue weighted by molar-refractivity contribution is 0.176. The van der Waals surface area contributed by atoms with Crippen LogP contribution in [0.25, 0.3) is 0 Å². The van der Waals surface area contributed by atoms with Crippen molar-refractivity contribution in [1.29, 1.82) is 0 Å². The van der Waals surface area contributed by atoms with E-state index in [0.717, 1.165) is 11.4 Å². The van der Waals surface area contributed by atoms with Crippen LogP contribution < -0.4 is 10.1 Å². The Balaban J connectivity index is 1.99. The van der Waals surface area contributed by atoms with Crippen molar-refractivity contribution in [1.82, 2.24) is 0 Å². The van der Waals surface area contributed by atoms with Crippen LogP contribution in [0.4, 0.5) is 5.69 Å². The van der Waals surface area contributed by atoms with E-state index in [9.17, 15) is 0 Å². The smallest absolute Gasteiger partial charge is 0.146 e. The Morgan fingerprint density at radius 1 is 1.00 bits per heavy atom. The van der Waals surface area contributed by atoms with E-state index >= 15 is 0 Å². The summed E-state index contributed by atoms with van der Waals surface area (Å²) in [7, 11) is 0. The highest BCUT2D eigenvalue weighted by Gasteiger charge is 2.28. The van der Waals surface area contributed by atoms with Crippen LogP contribution in [0.15, 0.2) is 48.5 Å². The third-order valence-corrected chi connectivity index (χ3v) is 3.42. The molecule has 1 aliphatic rings. The van der Waals surface area contributed by atoms with Crippen molar-refractivity contribution in [3.05, 3.63) is 59.7 Å². The van der Waals surface area contributed by atoms with Gasteiger partial charge in [0.1, 0.15) is 11.9 Å². The minimum absolute atomic E-state index is 0.0693. The zero-order chi connectivity index (χ0) is 12.5. The number of para-hydroxylation sites is 1. The Labute approximate surface area is 108 Å². The van der Waals surface area contributed by atoms with Crippen LogP contribution in [-0.2, 0) is 0 Å². The Morgan fingerprint density at radius 2 is 1.78 bits per heavy atom. The highest BCUT2D eigenvalue weighted by atomic mass is 16.5. The van der Waals surface area contributed by atoms with Gasteiger partial charge in [-0.2, -0.15) is 0 Å². The molecule has 0 saturated carbocycles. The molecule has 0 radical (unpaired) electrons. The third-order valence-electron chi connectivity index (χ3n) is 3.42. The van der Waals surface area contributed by atoms with Crippen LogP contribution in [0.5, 0.6) is 5.75 Å². The molecule has 2 atom stereocenters. The van der Waals surface area contributed by atoms with Gasteiger partial charge < -0.3 is 10.1 Å². The predicted molar refractivity (Wildman–Crippen MR) is 74.1 cm³/mol. The molecule has 0 aliphatic carbocycles. The van der Waals surface area contributed by atoms with Gasteiger partial charge in [-0.15, -0.1) is 0 Å². The van der Waals surface area contributed by atoms with Gasteiger partial charge in [0.15, 0.2) is 0 Å². The first-order valence-electron chi connectivity index (χ1n) is 6.33. The molecule has 1 heterocycles. The molecule has 3 rings (SSSR count). The van der Waals surface area contributed by atoms with Gasteiger partial charge in [-0.3, -0.25) is 0 Å². The van der Waals surface area contributed by atoms with E-state index in [4.69, 9.17) is 4.74 Å². The van der Waals surface area contributed by atoms with E-state index in [1.54, 1.807) is 0 Å². The fourth-order valence-corrected chi connectivity index (χ4v) is 2.47. The summed E-state index contributed by atoms with van der Waals surface area (Å²) in [6.07, 6.45) is 0.0693. The molecule has 1 N–H and O–H groups in total. The first kappa shape index (κ1) is 11.1. The standard InChI is InChI=1S/C16H17NO/c1-11-7-6-10-14-15(11)18-16(12(2)17-14)13-8-4-3-5-9-13/h3-10,12,16-17H,1-2H3. The second-order valence-corrected chi connectivity index (χ2v) is 4.83. The molecule has 2 nitrogen and oxygen atoms in total. The number of anilines is 1. The number of benzene rings is 2. The maximum atomic E-state index is 6.20. The summed E-state index contributed by atoms with van der Waals surface area (Å²) in [6, 6.07) is 16.8. The largest absolute Gasteiger partial charge is 0.481 e. The molecular formula is C16H17NO. The molecule has 2 aromatic carbocycles. The Kier molecular flexibility index (Phi) is 2.71. The lowest BCUT2D eigenvalue weighted by atomic mass is 10.0. The fourth-order valence-electron chi connectivity index (χ4n) is 2.47. The van der Waals surface area contributed by atoms with Crippen LogP contribution in [0, 0.1) is 6.92 Å². The normalized spacial score (nSPS) is 21.7. The summed E-state index contributed by atoms with van der Waals surface area (Å²) in [6.45, 7) is 4.24. The second kappa shape index (κ2) is 4.37. The summed E-state index contributed by atoms with van der Waals surface area (Å²) in [5.41, 5.74) is 3.48. The second-order valence-electron chi connectivity index (χ2n) is 4.83. The highest BCUT2D eigenvalue weighted by Crippen LogP contribution is 2.39. The van der Waals surface area contributed by atoms with Crippen molar-refractivity contribution >= 4 is 5.69 Å². The Bertz CT molecular complexity index is 550. The zero-order valence-electron chi connectivity index (χ0n) is 10.7. The van der Waals surface area contributed by atoms with Crippen molar-refractivity contribution in [2.75, 3.05) is 5.32 Å². The highest BCUT2D eigenvalue weighted by molar-refractivity contribution is 5.62. The summed E-state index contributed by atoms with van der Waals surface area (Å²) in [5.74, 6) is 0.976. The van der Waals surface area contributed by atoms with Crippen molar-refractivity contribution in [3.63, 3.8) is 0 Å². The maximum absolute atomic E-state index is 6.20. The minimum Gasteiger partial charge on any atom is -0.481 e. The van der Waals surface area contributed by atoms with E-state index < -0.39 is 0 Å². The Morgan fingerprint density at radius 3 is 2.56 bits per heavy atom. The van der Waals surface area contributed by atoms with Crippen LogP contribution in [-0.4, -0.2) is 6.04 Å². The maximum Gasteiger partial charge on any atom is 0.146 e. The minimum atomic E-state index is 0.0693. The van der Waals surface area contributed by atoms with Crippen molar-refractivity contribution in [3.8, 4) is 5.75 Å². The summed E-state index contributed by atoms with van der Waals surface area (Å²) >= 11 is 0. The fraction of sp³-hybridized carbons (Fsp3) is 0.250. The molecule has 2 heteroatoms. The van der Waals surface area contributed by atoms with Gasteiger partial charge in [-0.05, 0) is 31.0 Å². The molecule has 0 aromatic heterocycles. The summed E-state index contributed by atoms with van der Waals surface area (Å²) < 4.78 is 6.20. The zero-order valence-corrected chi connectivity index (χ0v) is 10.7. The van der Waals surface area contributed by atoms with Gasteiger partial charge in [0, 0.05) is 0 Å². The van der Waals surface area contributed by atoms with Crippen LogP contribution in [0.1, 0.15) is 24.2 Å². The molecule has 0 bridgehead atoms. The SMILES string of the molecule is Cc1cccc2c1OC(c1ccccc1)C(C)N2. The molecule has 92 valence electrons. The lowest BCUT2D eigenvalue weighted by Crippen LogP contribution is -2.32. The molecule has 0 amide bonds. The van der Waals surface area contributed by atoms with E-state index in [2.05, 4.69) is 61.6 Å². The van der Waals surface area contributed by atoms with Crippen molar-refractivity contribution in [2.45, 2.75) is 26.0 Å². The molecular weight excluding hydrogens is 222 g/mol. The van der Waals surface area contributed by atoms with E-state index in [0.29, 0.717) is 0 Å². The number of ether oxygens (including phenoxy) is 1. The molecule has 1 aliphatic heterocycles. The third kappa shape index (κ3) is 1.84. The monoisotopic (exact) mass is 239 g/mol. The summed E-state index contributed by atoms with van der Waals surface area (Å²) in [4.78, 5) is 0. The lowest BCUT2D eigenvalue weighted by Gasteiger charge is -2.34. The van der Waals surface area contributed by atoms with E-state index in [1.165, 1.54) is 11.1 Å². The molecule has 0 saturated heterocycles. The van der Waals surface area contributed by atoms with E-state index in [1.807, 2.05) is 6.07 Å². The van der Waals surface area contributed by atoms with Crippen LogP contribution in [0.2, 0.25) is 0 Å². The topological polar surface area (TPSA) is 21.3 Å². The van der Waals surface area contributed by atoms with E-state index in [-0.39, 0.29) is 12.1 Å². The van der Waals surface area contributed by atoms with Gasteiger partial charge in [0.05, 0.1) is 11.7 Å². The van der Waals surface area contributed by atoms with Crippen LogP contribution >= 0.6 is 0 Å². The number of rotatable bonds is 1. The van der Waals surface area contributed by atoms with Crippen LogP contribution in [0.3, 0.4) is 0 Å². The molecule has 0 fully saturated rings. The van der Waals surface area contributed by atoms with Gasteiger partial charge in [0.25, 0.3) is 0 Å². The van der Waals surface area contributed by atoms with Gasteiger partial charge in [0.2, 0.25) is 0 Å². The average molecular weight is 239 g/mol. The Hall–Kier alpha value is -1.96. The van der Waals surface area contributed by atoms with Gasteiger partial charge in [-0.1, -0.05) is 42.5 Å². The summed E-state index contributed by atoms with van der Waals surface area (Å²) in [5, 5.41) is 3.52.